The van der Waals surface area contributed by atoms with Crippen LogP contribution in [0.5, 0.6) is 0 Å². The van der Waals surface area contributed by atoms with Gasteiger partial charge in [0, 0.05) is 28.0 Å². The van der Waals surface area contributed by atoms with E-state index in [1.807, 2.05) is 0 Å². The zero-order valence-electron chi connectivity index (χ0n) is 17.2. The molecular formula is C10H14N2. The molecule has 0 radical (unpaired) electrons. The van der Waals surface area contributed by atoms with Gasteiger partial charge >= 0.3 is 0 Å². The van der Waals surface area contributed by atoms with Crippen LogP contribution in [0.3, 0.4) is 0 Å². The smallest absolute Gasteiger partial charge is 0.0843 e. The van der Waals surface area contributed by atoms with Crippen LogP contribution in [-0.4, -0.2) is 23.4 Å². The lowest BCUT2D eigenvalue weighted by Gasteiger charge is -2.18. The molecule has 1 fully saturated rings. The molecule has 1 saturated heterocycles. The second-order valence-electron chi connectivity index (χ2n) is 2.38. The molecule has 0 unspecified atom stereocenters. The Labute approximate surface area is 88.7 Å². The standard InChI is InChI=1S/C10H14N2/c1-12-7-3-5-10(12)9-4-2-6-11-8-9/h2,4,6,8,10H,3,5,7H2,1H3/t10-/m0/s1/i1D3,2D,3D2,4D,6D,7D2,8D. The van der Waals surface area contributed by atoms with Crippen molar-refractivity contribution in [1.82, 2.24) is 9.88 Å². The first-order valence-electron chi connectivity index (χ1n) is 8.95. The summed E-state index contributed by atoms with van der Waals surface area (Å²) in [5, 5.41) is 0. The maximum absolute atomic E-state index is 7.87. The minimum Gasteiger partial charge on any atom is -0.299 e. The summed E-state index contributed by atoms with van der Waals surface area (Å²) in [6.45, 7) is -5.87. The van der Waals surface area contributed by atoms with E-state index in [1.54, 1.807) is 0 Å². The maximum Gasteiger partial charge on any atom is 0.0843 e. The van der Waals surface area contributed by atoms with Crippen LogP contribution in [-0.2, 0) is 0 Å². The van der Waals surface area contributed by atoms with Crippen molar-refractivity contribution in [1.29, 1.82) is 0 Å². The van der Waals surface area contributed by atoms with Crippen molar-refractivity contribution >= 4 is 0 Å². The second kappa shape index (κ2) is 3.23. The topological polar surface area (TPSA) is 16.1 Å². The molecule has 0 aliphatic carbocycles. The van der Waals surface area contributed by atoms with Gasteiger partial charge < -0.3 is 0 Å². The molecule has 0 aromatic carbocycles. The van der Waals surface area contributed by atoms with E-state index in [2.05, 4.69) is 4.98 Å². The highest BCUT2D eigenvalue weighted by Crippen LogP contribution is 2.29. The van der Waals surface area contributed by atoms with Crippen molar-refractivity contribution in [2.45, 2.75) is 18.8 Å². The normalized spacial score (nSPS) is 47.3. The number of nitrogens with zero attached hydrogens (tertiary/aromatic N) is 2. The number of pyridine rings is 1. The minimum absolute atomic E-state index is 0.316. The Bertz CT molecular complexity index is 639. The van der Waals surface area contributed by atoms with Gasteiger partial charge in [-0.05, 0) is 37.9 Å². The quantitative estimate of drug-likeness (QED) is 0.644. The molecule has 0 spiro atoms. The number of rotatable bonds is 1. The van der Waals surface area contributed by atoms with Crippen LogP contribution in [0.2, 0.25) is 0 Å². The van der Waals surface area contributed by atoms with Gasteiger partial charge in [0.15, 0.2) is 0 Å². The number of hydrogen-bond acceptors (Lipinski definition) is 2. The van der Waals surface area contributed by atoms with Gasteiger partial charge in [-0.2, -0.15) is 0 Å². The third-order valence-electron chi connectivity index (χ3n) is 1.63. The molecule has 1 aliphatic heterocycles. The van der Waals surface area contributed by atoms with Crippen LogP contribution in [0.1, 0.15) is 39.5 Å². The first kappa shape index (κ1) is 2.13. The van der Waals surface area contributed by atoms with Crippen LogP contribution >= 0.6 is 0 Å². The van der Waals surface area contributed by atoms with E-state index in [0.717, 1.165) is 0 Å². The molecule has 2 nitrogen and oxygen atoms in total. The Hall–Kier alpha value is -0.890. The molecule has 1 aromatic rings. The highest BCUT2D eigenvalue weighted by atomic mass is 15.1. The second-order valence-corrected chi connectivity index (χ2v) is 2.38. The lowest BCUT2D eigenvalue weighted by atomic mass is 10.1. The summed E-state index contributed by atoms with van der Waals surface area (Å²) >= 11 is 0. The van der Waals surface area contributed by atoms with E-state index in [-0.39, 0.29) is 5.56 Å². The van der Waals surface area contributed by atoms with Crippen molar-refractivity contribution in [2.75, 3.05) is 13.5 Å². The van der Waals surface area contributed by atoms with Gasteiger partial charge in [0.1, 0.15) is 0 Å². The van der Waals surface area contributed by atoms with Gasteiger partial charge in [0.2, 0.25) is 0 Å². The Kier molecular flexibility index (Phi) is 0.573. The number of aromatic nitrogens is 1. The van der Waals surface area contributed by atoms with Crippen LogP contribution in [0.15, 0.2) is 24.4 Å². The zero-order chi connectivity index (χ0) is 18.0. The lowest BCUT2D eigenvalue weighted by Crippen LogP contribution is -2.17. The summed E-state index contributed by atoms with van der Waals surface area (Å²) in [7, 11) is 0. The Morgan fingerprint density at radius 1 is 1.92 bits per heavy atom. The summed E-state index contributed by atoms with van der Waals surface area (Å²) in [5.74, 6) is 0. The molecule has 0 amide bonds. The van der Waals surface area contributed by atoms with Crippen molar-refractivity contribution in [2.24, 2.45) is 0 Å². The van der Waals surface area contributed by atoms with Gasteiger partial charge in [0.05, 0.1) is 5.48 Å². The Balaban J connectivity index is 2.70. The molecule has 1 aromatic heterocycles. The minimum atomic E-state index is -3.02. The predicted octanol–water partition coefficient (Wildman–Crippen LogP) is 1.85. The van der Waals surface area contributed by atoms with Crippen LogP contribution in [0.4, 0.5) is 0 Å². The summed E-state index contributed by atoms with van der Waals surface area (Å²) in [6.07, 6.45) is -4.38. The monoisotopic (exact) mass is 173 g/mol. The van der Waals surface area contributed by atoms with Crippen LogP contribution in [0, 0.1) is 0 Å². The third kappa shape index (κ3) is 1.34. The maximum atomic E-state index is 7.87. The largest absolute Gasteiger partial charge is 0.299 e. The van der Waals surface area contributed by atoms with Gasteiger partial charge in [-0.3, -0.25) is 9.88 Å². The van der Waals surface area contributed by atoms with E-state index in [1.165, 1.54) is 0 Å². The van der Waals surface area contributed by atoms with E-state index >= 15 is 0 Å². The van der Waals surface area contributed by atoms with Crippen LogP contribution in [0.25, 0.3) is 0 Å². The fourth-order valence-corrected chi connectivity index (χ4v) is 1.03. The number of likely N-dealkylation sites (tertiary alicyclic amines) is 1. The molecule has 2 heterocycles. The van der Waals surface area contributed by atoms with E-state index in [9.17, 15) is 0 Å². The summed E-state index contributed by atoms with van der Waals surface area (Å²) in [5.41, 5.74) is -0.354. The fraction of sp³-hybridized carbons (Fsp3) is 0.500. The Morgan fingerprint density at radius 3 is 3.83 bits per heavy atom. The van der Waals surface area contributed by atoms with Gasteiger partial charge in [0.25, 0.3) is 0 Å². The van der Waals surface area contributed by atoms with Crippen molar-refractivity contribution in [3.63, 3.8) is 0 Å². The summed E-state index contributed by atoms with van der Waals surface area (Å²) in [4.78, 5) is 3.78. The van der Waals surface area contributed by atoms with E-state index in [4.69, 9.17) is 15.1 Å². The third-order valence-corrected chi connectivity index (χ3v) is 1.63. The first-order valence-corrected chi connectivity index (χ1v) is 3.45. The fourth-order valence-electron chi connectivity index (χ4n) is 1.03. The van der Waals surface area contributed by atoms with Gasteiger partial charge in [-0.1, -0.05) is 6.04 Å². The molecule has 0 bridgehead atoms. The first-order chi connectivity index (χ1) is 10.2. The number of hydrogen-bond donors (Lipinski definition) is 0. The van der Waals surface area contributed by atoms with Gasteiger partial charge in [-0.15, -0.1) is 0 Å². The average molecular weight is 173 g/mol. The molecule has 0 N–H and O–H groups in total. The molecular weight excluding hydrogens is 148 g/mol. The average Bonchev–Trinajstić information content (AvgIpc) is 2.51. The lowest BCUT2D eigenvalue weighted by molar-refractivity contribution is 0.317. The molecule has 0 saturated carbocycles. The van der Waals surface area contributed by atoms with Crippen molar-refractivity contribution in [3.05, 3.63) is 30.0 Å². The molecule has 64 valence electrons. The van der Waals surface area contributed by atoms with E-state index in [0.29, 0.717) is 4.90 Å². The van der Waals surface area contributed by atoms with E-state index < -0.39 is 56.7 Å². The zero-order valence-corrected chi connectivity index (χ0v) is 6.18. The molecule has 1 aliphatic rings. The van der Waals surface area contributed by atoms with Crippen molar-refractivity contribution in [3.8, 4) is 0 Å². The molecule has 2 heteroatoms. The molecule has 1 atom stereocenters. The Morgan fingerprint density at radius 2 is 2.92 bits per heavy atom. The SMILES string of the molecule is [2H]c1nc([2H])c([C@@H]2CC([2H])([2H])C([2H])([2H])N2C([2H])([2H])[2H])c([2H])c1[2H]. The summed E-state index contributed by atoms with van der Waals surface area (Å²) in [6, 6.07) is -2.68. The predicted molar refractivity (Wildman–Crippen MR) is 48.8 cm³/mol. The van der Waals surface area contributed by atoms with Gasteiger partial charge in [-0.25, -0.2) is 0 Å². The highest BCUT2D eigenvalue weighted by molar-refractivity contribution is 5.14. The van der Waals surface area contributed by atoms with Crippen molar-refractivity contribution < 1.29 is 15.1 Å². The highest BCUT2D eigenvalue weighted by Gasteiger charge is 2.21. The molecule has 12 heavy (non-hydrogen) atoms. The summed E-state index contributed by atoms with van der Waals surface area (Å²) < 4.78 is 84.4. The van der Waals surface area contributed by atoms with Crippen LogP contribution < -0.4 is 0 Å². The molecule has 2 rings (SSSR count).